The summed E-state index contributed by atoms with van der Waals surface area (Å²) in [5.41, 5.74) is 2.27. The zero-order valence-corrected chi connectivity index (χ0v) is 6.16. The van der Waals surface area contributed by atoms with E-state index in [-0.39, 0.29) is 0 Å². The smallest absolute Gasteiger partial charge is 0.122 e. The lowest BCUT2D eigenvalue weighted by Crippen LogP contribution is -2.03. The van der Waals surface area contributed by atoms with Crippen molar-refractivity contribution in [1.82, 2.24) is 21.0 Å². The molecule has 0 aliphatic carbocycles. The van der Waals surface area contributed by atoms with Gasteiger partial charge in [0.05, 0.1) is 18.6 Å². The molecule has 0 saturated heterocycles. The molecule has 0 bridgehead atoms. The van der Waals surface area contributed by atoms with Crippen molar-refractivity contribution < 1.29 is 4.84 Å². The number of aromatic nitrogens is 3. The molecule has 6 nitrogen and oxygen atoms in total. The lowest BCUT2D eigenvalue weighted by Gasteiger charge is -1.96. The number of hydrogen-bond donors (Lipinski definition) is 1. The minimum atomic E-state index is 1.51. The lowest BCUT2D eigenvalue weighted by molar-refractivity contribution is 0.136. The lowest BCUT2D eigenvalue weighted by atomic mass is 10.7. The van der Waals surface area contributed by atoms with Gasteiger partial charge in [0.15, 0.2) is 0 Å². The highest BCUT2D eigenvalue weighted by Crippen LogP contribution is 1.74. The van der Waals surface area contributed by atoms with E-state index in [2.05, 4.69) is 30.9 Å². The van der Waals surface area contributed by atoms with Gasteiger partial charge in [-0.2, -0.15) is 5.10 Å². The standard InChI is InChI=1S/C3H3N3.C3H4N2O/c1-2-4-6-5-3-1;1-2-4-5-6-3-1/h1-3H;1-3,5H. The van der Waals surface area contributed by atoms with E-state index in [1.165, 1.54) is 6.26 Å². The molecule has 1 aromatic rings. The maximum atomic E-state index is 4.44. The Labute approximate surface area is 68.9 Å². The Kier molecular flexibility index (Phi) is 3.91. The molecule has 1 aliphatic rings. The van der Waals surface area contributed by atoms with Crippen LogP contribution in [0.1, 0.15) is 0 Å². The van der Waals surface area contributed by atoms with Crippen LogP contribution in [0.4, 0.5) is 0 Å². The maximum absolute atomic E-state index is 4.44. The van der Waals surface area contributed by atoms with Crippen LogP contribution in [0.15, 0.2) is 35.9 Å². The second-order valence-electron chi connectivity index (χ2n) is 1.63. The van der Waals surface area contributed by atoms with E-state index in [4.69, 9.17) is 0 Å². The first-order chi connectivity index (χ1) is 6.00. The van der Waals surface area contributed by atoms with Crippen molar-refractivity contribution in [3.8, 4) is 0 Å². The first-order valence-electron chi connectivity index (χ1n) is 3.17. The van der Waals surface area contributed by atoms with E-state index in [0.717, 1.165) is 0 Å². The molecule has 0 aromatic carbocycles. The van der Waals surface area contributed by atoms with Crippen molar-refractivity contribution in [2.75, 3.05) is 0 Å². The number of allylic oxidation sites excluding steroid dienone is 1. The van der Waals surface area contributed by atoms with Gasteiger partial charge in [0, 0.05) is 0 Å². The number of hydrogen-bond acceptors (Lipinski definition) is 6. The van der Waals surface area contributed by atoms with Crippen LogP contribution in [0.2, 0.25) is 0 Å². The van der Waals surface area contributed by atoms with Crippen molar-refractivity contribution >= 4 is 6.21 Å². The topological polar surface area (TPSA) is 72.3 Å². The molecule has 62 valence electrons. The molecule has 0 amide bonds. The Bertz CT molecular complexity index is 209. The minimum absolute atomic E-state index is 1.51. The third-order valence-corrected chi connectivity index (χ3v) is 0.821. The Morgan fingerprint density at radius 3 is 2.17 bits per heavy atom. The summed E-state index contributed by atoms with van der Waals surface area (Å²) in [6.45, 7) is 0. The second-order valence-corrected chi connectivity index (χ2v) is 1.63. The van der Waals surface area contributed by atoms with Gasteiger partial charge in [0.2, 0.25) is 0 Å². The number of hydrazone groups is 1. The fourth-order valence-electron chi connectivity index (χ4n) is 0.414. The van der Waals surface area contributed by atoms with E-state index in [1.54, 1.807) is 30.8 Å². The first kappa shape index (κ1) is 8.12. The molecule has 0 unspecified atom stereocenters. The van der Waals surface area contributed by atoms with Crippen molar-refractivity contribution in [3.63, 3.8) is 0 Å². The molecular formula is C6H7N5O. The number of nitrogens with zero attached hydrogens (tertiary/aromatic N) is 4. The Morgan fingerprint density at radius 1 is 1.17 bits per heavy atom. The second kappa shape index (κ2) is 5.78. The Morgan fingerprint density at radius 2 is 2.00 bits per heavy atom. The molecule has 1 aromatic heterocycles. The summed E-state index contributed by atoms with van der Waals surface area (Å²) < 4.78 is 0. The third kappa shape index (κ3) is 3.94. The largest absolute Gasteiger partial charge is 0.373 e. The normalized spacial score (nSPS) is 12.0. The minimum Gasteiger partial charge on any atom is -0.373 e. The van der Waals surface area contributed by atoms with Crippen LogP contribution in [0.3, 0.4) is 0 Å². The highest BCUT2D eigenvalue weighted by atomic mass is 16.7. The summed E-state index contributed by atoms with van der Waals surface area (Å²) >= 11 is 0. The van der Waals surface area contributed by atoms with Crippen LogP contribution in [0.25, 0.3) is 0 Å². The van der Waals surface area contributed by atoms with Crippen LogP contribution in [0.5, 0.6) is 0 Å². The average molecular weight is 165 g/mol. The van der Waals surface area contributed by atoms with Gasteiger partial charge in [-0.1, -0.05) is 0 Å². The SMILES string of the molecule is C1=CONN=C1.c1cnnnc1. The van der Waals surface area contributed by atoms with Crippen LogP contribution in [-0.2, 0) is 4.84 Å². The Balaban J connectivity index is 0.000000120. The van der Waals surface area contributed by atoms with E-state index in [9.17, 15) is 0 Å². The Hall–Kier alpha value is -1.98. The predicted octanol–water partition coefficient (Wildman–Crippen LogP) is -0.108. The number of nitrogens with one attached hydrogen (secondary N) is 1. The molecule has 2 rings (SSSR count). The molecule has 0 saturated carbocycles. The van der Waals surface area contributed by atoms with Crippen LogP contribution < -0.4 is 5.59 Å². The van der Waals surface area contributed by atoms with Gasteiger partial charge in [0.25, 0.3) is 0 Å². The fourth-order valence-corrected chi connectivity index (χ4v) is 0.414. The predicted molar refractivity (Wildman–Crippen MR) is 41.7 cm³/mol. The summed E-state index contributed by atoms with van der Waals surface area (Å²) in [5.74, 6) is 0. The summed E-state index contributed by atoms with van der Waals surface area (Å²) in [5, 5.41) is 13.6. The van der Waals surface area contributed by atoms with Gasteiger partial charge in [0.1, 0.15) is 6.26 Å². The van der Waals surface area contributed by atoms with E-state index in [1.807, 2.05) is 0 Å². The molecule has 0 atom stereocenters. The zero-order valence-electron chi connectivity index (χ0n) is 6.16. The van der Waals surface area contributed by atoms with Crippen molar-refractivity contribution in [2.45, 2.75) is 0 Å². The summed E-state index contributed by atoms with van der Waals surface area (Å²) in [7, 11) is 0. The highest BCUT2D eigenvalue weighted by molar-refractivity contribution is 5.70. The molecule has 0 spiro atoms. The third-order valence-electron chi connectivity index (χ3n) is 0.821. The molecule has 1 aliphatic heterocycles. The monoisotopic (exact) mass is 165 g/mol. The van der Waals surface area contributed by atoms with Gasteiger partial charge in [-0.3, -0.25) is 0 Å². The number of rotatable bonds is 0. The summed E-state index contributed by atoms with van der Waals surface area (Å²) in [4.78, 5) is 4.44. The van der Waals surface area contributed by atoms with Gasteiger partial charge in [-0.05, 0) is 17.4 Å². The van der Waals surface area contributed by atoms with Gasteiger partial charge in [-0.25, -0.2) is 0 Å². The van der Waals surface area contributed by atoms with Crippen LogP contribution in [-0.4, -0.2) is 21.6 Å². The molecule has 6 heteroatoms. The van der Waals surface area contributed by atoms with E-state index in [0.29, 0.717) is 0 Å². The van der Waals surface area contributed by atoms with Crippen molar-refractivity contribution in [1.29, 1.82) is 0 Å². The highest BCUT2D eigenvalue weighted by Gasteiger charge is 1.73. The molecule has 12 heavy (non-hydrogen) atoms. The van der Waals surface area contributed by atoms with Crippen molar-refractivity contribution in [2.24, 2.45) is 5.10 Å². The first-order valence-corrected chi connectivity index (χ1v) is 3.17. The van der Waals surface area contributed by atoms with Crippen LogP contribution in [0, 0.1) is 0 Å². The van der Waals surface area contributed by atoms with Gasteiger partial charge < -0.3 is 4.84 Å². The van der Waals surface area contributed by atoms with E-state index >= 15 is 0 Å². The quantitative estimate of drug-likeness (QED) is 0.580. The molecule has 0 radical (unpaired) electrons. The summed E-state index contributed by atoms with van der Waals surface area (Å²) in [6.07, 6.45) is 7.95. The maximum Gasteiger partial charge on any atom is 0.122 e. The fraction of sp³-hybridized carbons (Fsp3) is 0. The summed E-state index contributed by atoms with van der Waals surface area (Å²) in [6, 6.07) is 1.72. The molecule has 0 fully saturated rings. The van der Waals surface area contributed by atoms with Gasteiger partial charge in [-0.15, -0.1) is 15.8 Å². The van der Waals surface area contributed by atoms with Crippen molar-refractivity contribution in [3.05, 3.63) is 30.8 Å². The van der Waals surface area contributed by atoms with Gasteiger partial charge >= 0.3 is 0 Å². The zero-order chi connectivity index (χ0) is 8.49. The van der Waals surface area contributed by atoms with E-state index < -0.39 is 0 Å². The molecule has 2 heterocycles. The molecular weight excluding hydrogens is 158 g/mol. The van der Waals surface area contributed by atoms with Crippen LogP contribution >= 0.6 is 0 Å². The molecule has 1 N–H and O–H groups in total. The average Bonchev–Trinajstić information content (AvgIpc) is 2.24.